The van der Waals surface area contributed by atoms with Crippen LogP contribution in [0.2, 0.25) is 10.0 Å². The molecule has 0 bridgehead atoms. The quantitative estimate of drug-likeness (QED) is 0.143. The molecule has 0 spiro atoms. The molecule has 7 rings (SSSR count). The summed E-state index contributed by atoms with van der Waals surface area (Å²) in [6, 6.07) is 39.9. The number of halogens is 2. The molecule has 1 saturated heterocycles. The van der Waals surface area contributed by atoms with Crippen molar-refractivity contribution in [3.8, 4) is 28.1 Å². The zero-order chi connectivity index (χ0) is 34.0. The first kappa shape index (κ1) is 33.0. The summed E-state index contributed by atoms with van der Waals surface area (Å²) in [6.07, 6.45) is 3.39. The predicted molar refractivity (Wildman–Crippen MR) is 199 cm³/mol. The maximum absolute atomic E-state index is 12.6. The molecule has 0 aliphatic carbocycles. The summed E-state index contributed by atoms with van der Waals surface area (Å²) in [5.41, 5.74) is 7.07. The summed E-state index contributed by atoms with van der Waals surface area (Å²) in [7, 11) is -3.96. The largest absolute Gasteiger partial charge is 0.326 e. The molecule has 1 aliphatic rings. The smallest absolute Gasteiger partial charge is 0.303 e. The number of benzene rings is 5. The van der Waals surface area contributed by atoms with Crippen LogP contribution in [-0.4, -0.2) is 36.2 Å². The van der Waals surface area contributed by atoms with Crippen LogP contribution in [-0.2, 0) is 27.8 Å². The number of aryl methyl sites for hydroxylation is 1. The lowest BCUT2D eigenvalue weighted by molar-refractivity contribution is -0.117. The Balaban J connectivity index is 1.16. The molecule has 1 fully saturated rings. The van der Waals surface area contributed by atoms with Crippen LogP contribution in [0.1, 0.15) is 17.0 Å². The van der Waals surface area contributed by atoms with Gasteiger partial charge in [-0.3, -0.25) is 4.79 Å². The molecule has 0 unspecified atom stereocenters. The van der Waals surface area contributed by atoms with Crippen LogP contribution in [0.3, 0.4) is 0 Å². The minimum atomic E-state index is -3.96. The second kappa shape index (κ2) is 14.1. The van der Waals surface area contributed by atoms with Crippen LogP contribution in [0.5, 0.6) is 0 Å². The molecule has 246 valence electrons. The fourth-order valence-corrected chi connectivity index (χ4v) is 8.37. The Labute approximate surface area is 299 Å². The Morgan fingerprint density at radius 2 is 1.55 bits per heavy atom. The second-order valence-electron chi connectivity index (χ2n) is 11.6. The highest BCUT2D eigenvalue weighted by molar-refractivity contribution is 7.99. The molecule has 1 aliphatic heterocycles. The third kappa shape index (κ3) is 7.55. The lowest BCUT2D eigenvalue weighted by atomic mass is 10.0. The average Bonchev–Trinajstić information content (AvgIpc) is 3.64. The molecule has 5 aromatic carbocycles. The van der Waals surface area contributed by atoms with Crippen LogP contribution in [0.15, 0.2) is 132 Å². The van der Waals surface area contributed by atoms with Crippen molar-refractivity contribution in [3.63, 3.8) is 0 Å². The summed E-state index contributed by atoms with van der Waals surface area (Å²) in [5, 5.41) is 0.988. The van der Waals surface area contributed by atoms with Gasteiger partial charge in [-0.05, 0) is 77.2 Å². The first-order chi connectivity index (χ1) is 23.7. The second-order valence-corrected chi connectivity index (χ2v) is 15.2. The molecular formula is C38H30Cl2N4O3S2. The monoisotopic (exact) mass is 724 g/mol. The van der Waals surface area contributed by atoms with Crippen molar-refractivity contribution in [3.05, 3.63) is 155 Å². The molecule has 0 atom stereocenters. The maximum Gasteiger partial charge on any atom is 0.326 e. The van der Waals surface area contributed by atoms with Crippen molar-refractivity contribution in [1.29, 1.82) is 0 Å². The van der Waals surface area contributed by atoms with Crippen molar-refractivity contribution in [2.24, 2.45) is 0 Å². The lowest BCUT2D eigenvalue weighted by Gasteiger charge is -2.16. The zero-order valence-corrected chi connectivity index (χ0v) is 29.2. The van der Waals surface area contributed by atoms with Gasteiger partial charge in [0.1, 0.15) is 12.4 Å². The van der Waals surface area contributed by atoms with E-state index in [-0.39, 0.29) is 6.54 Å². The van der Waals surface area contributed by atoms with Crippen LogP contribution >= 0.6 is 35.0 Å². The first-order valence-corrected chi connectivity index (χ1v) is 18.7. The molecule has 6 aromatic rings. The highest BCUT2D eigenvalue weighted by Crippen LogP contribution is 2.33. The van der Waals surface area contributed by atoms with Gasteiger partial charge >= 0.3 is 10.2 Å². The Hall–Kier alpha value is -4.54. The molecular weight excluding hydrogens is 695 g/mol. The number of hydrogen-bond acceptors (Lipinski definition) is 5. The molecule has 1 aromatic heterocycles. The van der Waals surface area contributed by atoms with Crippen LogP contribution in [0.25, 0.3) is 28.1 Å². The summed E-state index contributed by atoms with van der Waals surface area (Å²) in [5.74, 6) is 1.15. The number of carbonyl (C=O) groups is 1. The summed E-state index contributed by atoms with van der Waals surface area (Å²) in [4.78, 5) is 18.1. The minimum absolute atomic E-state index is 0.282. The van der Waals surface area contributed by atoms with Crippen LogP contribution in [0.4, 0.5) is 5.69 Å². The van der Waals surface area contributed by atoms with E-state index < -0.39 is 16.1 Å². The van der Waals surface area contributed by atoms with E-state index in [0.717, 1.165) is 44.6 Å². The maximum atomic E-state index is 12.6. The number of thioether (sulfide) groups is 1. The van der Waals surface area contributed by atoms with Gasteiger partial charge in [-0.15, -0.1) is 11.8 Å². The minimum Gasteiger partial charge on any atom is -0.303 e. The third-order valence-electron chi connectivity index (χ3n) is 8.19. The van der Waals surface area contributed by atoms with E-state index in [0.29, 0.717) is 33.5 Å². The Morgan fingerprint density at radius 1 is 0.776 bits per heavy atom. The average molecular weight is 726 g/mol. The van der Waals surface area contributed by atoms with E-state index in [1.807, 2.05) is 45.4 Å². The predicted octanol–water partition coefficient (Wildman–Crippen LogP) is 8.62. The van der Waals surface area contributed by atoms with Gasteiger partial charge in [0.2, 0.25) is 0 Å². The topological polar surface area (TPSA) is 84.3 Å². The van der Waals surface area contributed by atoms with Gasteiger partial charge in [-0.1, -0.05) is 96.0 Å². The molecule has 2 heterocycles. The van der Waals surface area contributed by atoms with Gasteiger partial charge in [-0.2, -0.15) is 8.42 Å². The number of nitrogens with one attached hydrogen (secondary N) is 1. The lowest BCUT2D eigenvalue weighted by Crippen LogP contribution is -2.29. The summed E-state index contributed by atoms with van der Waals surface area (Å²) >= 11 is 14.6. The number of imidazole rings is 1. The van der Waals surface area contributed by atoms with E-state index in [4.69, 9.17) is 28.2 Å². The van der Waals surface area contributed by atoms with Crippen molar-refractivity contribution in [2.75, 3.05) is 16.6 Å². The van der Waals surface area contributed by atoms with Gasteiger partial charge in [0, 0.05) is 39.5 Å². The van der Waals surface area contributed by atoms with E-state index >= 15 is 0 Å². The van der Waals surface area contributed by atoms with E-state index in [1.165, 1.54) is 10.5 Å². The molecule has 0 saturated carbocycles. The van der Waals surface area contributed by atoms with Gasteiger partial charge in [0.15, 0.2) is 0 Å². The van der Waals surface area contributed by atoms with Gasteiger partial charge in [-0.25, -0.2) is 14.0 Å². The van der Waals surface area contributed by atoms with E-state index in [1.54, 1.807) is 30.3 Å². The van der Waals surface area contributed by atoms with Crippen molar-refractivity contribution in [1.82, 2.24) is 14.3 Å². The first-order valence-electron chi connectivity index (χ1n) is 15.6. The fraction of sp³-hybridized carbons (Fsp3) is 0.105. The van der Waals surface area contributed by atoms with E-state index in [9.17, 15) is 13.2 Å². The van der Waals surface area contributed by atoms with Gasteiger partial charge in [0.05, 0.1) is 16.4 Å². The molecule has 7 nitrogen and oxygen atoms in total. The number of amides is 1. The van der Waals surface area contributed by atoms with Gasteiger partial charge in [0.25, 0.3) is 5.91 Å². The summed E-state index contributed by atoms with van der Waals surface area (Å²) in [6.45, 7) is -0.282. The van der Waals surface area contributed by atoms with Crippen molar-refractivity contribution < 1.29 is 13.2 Å². The zero-order valence-electron chi connectivity index (χ0n) is 26.1. The normalized spacial score (nSPS) is 13.8. The highest BCUT2D eigenvalue weighted by Gasteiger charge is 2.34. The molecule has 1 amide bonds. The van der Waals surface area contributed by atoms with Crippen molar-refractivity contribution >= 4 is 56.8 Å². The molecule has 0 radical (unpaired) electrons. The molecule has 11 heteroatoms. The van der Waals surface area contributed by atoms with E-state index in [2.05, 4.69) is 72.8 Å². The number of nitrogens with zero attached hydrogens (tertiary/aromatic N) is 3. The number of aromatic nitrogens is 2. The molecule has 49 heavy (non-hydrogen) atoms. The number of rotatable bonds is 10. The van der Waals surface area contributed by atoms with Gasteiger partial charge < -0.3 is 4.57 Å². The Bertz CT molecular complexity index is 2260. The molecule has 1 N–H and O–H groups in total. The Morgan fingerprint density at radius 3 is 2.31 bits per heavy atom. The van der Waals surface area contributed by atoms with Crippen LogP contribution < -0.4 is 9.03 Å². The van der Waals surface area contributed by atoms with Crippen molar-refractivity contribution in [2.45, 2.75) is 17.7 Å². The fourth-order valence-electron chi connectivity index (χ4n) is 5.76. The number of carbonyl (C=O) groups excluding carboxylic acids is 1. The standard InChI is InChI=1S/C38H30Cl2N4O3S2/c39-30-16-17-34(35(40)22-30)36-24-43(31-9-5-10-32(23-31)44-25-38(45)42-49(44,46)47)37(41-36)20-27-12-14-28(15-13-27)29-8-4-11-33(21-29)48-19-18-26-6-2-1-3-7-26/h1-17,21-24H,18-20,25H2,(H,42,45). The number of hydrogen-bond donors (Lipinski definition) is 1. The Kier molecular flexibility index (Phi) is 9.51. The SMILES string of the molecule is O=C1CN(c2cccc(-n3cc(-c4ccc(Cl)cc4Cl)nc3Cc3ccc(-c4cccc(SCCc5ccccc5)c4)cc3)c2)S(=O)(=O)N1. The summed E-state index contributed by atoms with van der Waals surface area (Å²) < 4.78 is 30.2. The van der Waals surface area contributed by atoms with Crippen LogP contribution in [0, 0.1) is 0 Å². The third-order valence-corrected chi connectivity index (χ3v) is 11.1. The number of anilines is 1. The highest BCUT2D eigenvalue weighted by atomic mass is 35.5.